The van der Waals surface area contributed by atoms with Gasteiger partial charge >= 0.3 is 0 Å². The third kappa shape index (κ3) is 1.55. The van der Waals surface area contributed by atoms with Crippen LogP contribution in [-0.4, -0.2) is 4.98 Å². The van der Waals surface area contributed by atoms with Gasteiger partial charge in [-0.1, -0.05) is 13.8 Å². The van der Waals surface area contributed by atoms with E-state index in [2.05, 4.69) is 18.8 Å². The number of aromatic nitrogens is 1. The van der Waals surface area contributed by atoms with Crippen LogP contribution in [0.3, 0.4) is 0 Å². The van der Waals surface area contributed by atoms with Gasteiger partial charge in [0.25, 0.3) is 0 Å². The maximum absolute atomic E-state index is 5.41. The van der Waals surface area contributed by atoms with Gasteiger partial charge in [-0.15, -0.1) is 11.3 Å². The van der Waals surface area contributed by atoms with Crippen molar-refractivity contribution in [2.24, 2.45) is 5.73 Å². The Morgan fingerprint density at radius 1 is 1.70 bits per heavy atom. The molecule has 1 aromatic rings. The maximum Gasteiger partial charge on any atom is 0.106 e. The van der Waals surface area contributed by atoms with Crippen molar-refractivity contribution in [3.05, 3.63) is 16.1 Å². The summed E-state index contributed by atoms with van der Waals surface area (Å²) in [4.78, 5) is 5.47. The van der Waals surface area contributed by atoms with E-state index in [4.69, 9.17) is 5.73 Å². The lowest BCUT2D eigenvalue weighted by Gasteiger charge is -1.95. The van der Waals surface area contributed by atoms with Crippen LogP contribution in [0, 0.1) is 0 Å². The van der Waals surface area contributed by atoms with Gasteiger partial charge in [-0.2, -0.15) is 0 Å². The number of nitrogens with two attached hydrogens (primary N) is 1. The molecule has 0 atom stereocenters. The van der Waals surface area contributed by atoms with Gasteiger partial charge in [-0.25, -0.2) is 4.98 Å². The second kappa shape index (κ2) is 3.12. The Morgan fingerprint density at radius 2 is 2.40 bits per heavy atom. The van der Waals surface area contributed by atoms with Gasteiger partial charge in [-0.05, 0) is 5.92 Å². The number of hydrogen-bond donors (Lipinski definition) is 1. The lowest BCUT2D eigenvalue weighted by Crippen LogP contribution is -1.93. The molecule has 0 aromatic carbocycles. The molecule has 0 aliphatic rings. The summed E-state index contributed by atoms with van der Waals surface area (Å²) in [6.45, 7) is 4.89. The van der Waals surface area contributed by atoms with Crippen molar-refractivity contribution in [2.75, 3.05) is 0 Å². The van der Waals surface area contributed by atoms with E-state index in [0.29, 0.717) is 12.5 Å². The summed E-state index contributed by atoms with van der Waals surface area (Å²) < 4.78 is 0. The minimum atomic E-state index is 0.567. The van der Waals surface area contributed by atoms with Crippen LogP contribution in [0.2, 0.25) is 0 Å². The Balaban J connectivity index is 2.78. The highest BCUT2D eigenvalue weighted by atomic mass is 32.1. The summed E-state index contributed by atoms with van der Waals surface area (Å²) in [5.74, 6) is 0.581. The van der Waals surface area contributed by atoms with E-state index < -0.39 is 0 Å². The average molecular weight is 156 g/mol. The molecule has 0 radical (unpaired) electrons. The maximum atomic E-state index is 5.41. The Labute approximate surface area is 65.1 Å². The van der Waals surface area contributed by atoms with E-state index in [0.717, 1.165) is 5.01 Å². The highest BCUT2D eigenvalue weighted by Gasteiger charge is 2.02. The van der Waals surface area contributed by atoms with E-state index in [1.165, 1.54) is 4.88 Å². The van der Waals surface area contributed by atoms with Gasteiger partial charge < -0.3 is 5.73 Å². The van der Waals surface area contributed by atoms with Crippen molar-refractivity contribution in [3.63, 3.8) is 0 Å². The van der Waals surface area contributed by atoms with Gasteiger partial charge in [0.2, 0.25) is 0 Å². The van der Waals surface area contributed by atoms with Crippen LogP contribution in [0.5, 0.6) is 0 Å². The molecule has 56 valence electrons. The van der Waals surface area contributed by atoms with Crippen LogP contribution in [0.1, 0.15) is 29.7 Å². The first-order chi connectivity index (χ1) is 4.74. The Bertz CT molecular complexity index is 205. The van der Waals surface area contributed by atoms with Crippen molar-refractivity contribution in [3.8, 4) is 0 Å². The van der Waals surface area contributed by atoms with E-state index in [9.17, 15) is 0 Å². The number of nitrogens with zero attached hydrogens (tertiary/aromatic N) is 1. The van der Waals surface area contributed by atoms with Gasteiger partial charge in [0.15, 0.2) is 0 Å². The molecule has 0 aliphatic carbocycles. The van der Waals surface area contributed by atoms with Crippen molar-refractivity contribution >= 4 is 11.3 Å². The molecule has 3 heteroatoms. The first-order valence-corrected chi connectivity index (χ1v) is 4.20. The van der Waals surface area contributed by atoms with E-state index in [1.807, 2.05) is 6.20 Å². The zero-order chi connectivity index (χ0) is 7.56. The topological polar surface area (TPSA) is 38.9 Å². The van der Waals surface area contributed by atoms with E-state index in [-0.39, 0.29) is 0 Å². The third-order valence-electron chi connectivity index (χ3n) is 1.32. The van der Waals surface area contributed by atoms with E-state index in [1.54, 1.807) is 11.3 Å². The first-order valence-electron chi connectivity index (χ1n) is 3.38. The highest BCUT2D eigenvalue weighted by Crippen LogP contribution is 2.20. The lowest BCUT2D eigenvalue weighted by molar-refractivity contribution is 0.885. The summed E-state index contributed by atoms with van der Waals surface area (Å²) in [6.07, 6.45) is 1.91. The fourth-order valence-corrected chi connectivity index (χ4v) is 1.49. The molecule has 1 rings (SSSR count). The SMILES string of the molecule is CC(C)c1cnc(CN)s1. The van der Waals surface area contributed by atoms with Gasteiger partial charge in [0.1, 0.15) is 5.01 Å². The molecule has 1 heterocycles. The summed E-state index contributed by atoms with van der Waals surface area (Å²) in [5, 5.41) is 1.03. The average Bonchev–Trinajstić information content (AvgIpc) is 2.34. The van der Waals surface area contributed by atoms with Gasteiger partial charge in [0.05, 0.1) is 0 Å². The zero-order valence-corrected chi connectivity index (χ0v) is 7.11. The molecule has 0 saturated heterocycles. The molecular formula is C7H12N2S. The quantitative estimate of drug-likeness (QED) is 0.708. The standard InChI is InChI=1S/C7H12N2S/c1-5(2)6-4-9-7(3-8)10-6/h4-5H,3,8H2,1-2H3. The summed E-state index contributed by atoms with van der Waals surface area (Å²) in [6, 6.07) is 0. The lowest BCUT2D eigenvalue weighted by atomic mass is 10.2. The second-order valence-electron chi connectivity index (χ2n) is 2.52. The fourth-order valence-electron chi connectivity index (χ4n) is 0.686. The van der Waals surface area contributed by atoms with Crippen LogP contribution < -0.4 is 5.73 Å². The molecule has 0 aliphatic heterocycles. The van der Waals surface area contributed by atoms with E-state index >= 15 is 0 Å². The highest BCUT2D eigenvalue weighted by molar-refractivity contribution is 7.11. The second-order valence-corrected chi connectivity index (χ2v) is 3.66. The minimum absolute atomic E-state index is 0.567. The largest absolute Gasteiger partial charge is 0.325 e. The van der Waals surface area contributed by atoms with Crippen molar-refractivity contribution in [1.29, 1.82) is 0 Å². The van der Waals surface area contributed by atoms with Crippen molar-refractivity contribution in [1.82, 2.24) is 4.98 Å². The molecule has 0 amide bonds. The predicted octanol–water partition coefficient (Wildman–Crippen LogP) is 1.73. The summed E-state index contributed by atoms with van der Waals surface area (Å²) >= 11 is 1.70. The number of rotatable bonds is 2. The normalized spacial score (nSPS) is 10.8. The minimum Gasteiger partial charge on any atom is -0.325 e. The van der Waals surface area contributed by atoms with Gasteiger partial charge in [-0.3, -0.25) is 0 Å². The molecule has 2 N–H and O–H groups in total. The zero-order valence-electron chi connectivity index (χ0n) is 6.29. The molecule has 0 saturated carbocycles. The first kappa shape index (κ1) is 7.69. The monoisotopic (exact) mass is 156 g/mol. The molecule has 0 fully saturated rings. The number of thiazole rings is 1. The Morgan fingerprint density at radius 3 is 2.70 bits per heavy atom. The molecular weight excluding hydrogens is 144 g/mol. The third-order valence-corrected chi connectivity index (χ3v) is 2.64. The molecule has 1 aromatic heterocycles. The van der Waals surface area contributed by atoms with Crippen LogP contribution in [0.15, 0.2) is 6.20 Å². The van der Waals surface area contributed by atoms with Crippen molar-refractivity contribution in [2.45, 2.75) is 26.3 Å². The van der Waals surface area contributed by atoms with Crippen LogP contribution >= 0.6 is 11.3 Å². The smallest absolute Gasteiger partial charge is 0.106 e. The van der Waals surface area contributed by atoms with Crippen LogP contribution in [0.25, 0.3) is 0 Å². The van der Waals surface area contributed by atoms with Crippen LogP contribution in [0.4, 0.5) is 0 Å². The molecule has 0 unspecified atom stereocenters. The number of hydrogen-bond acceptors (Lipinski definition) is 3. The van der Waals surface area contributed by atoms with Crippen molar-refractivity contribution < 1.29 is 0 Å². The van der Waals surface area contributed by atoms with Crippen LogP contribution in [-0.2, 0) is 6.54 Å². The summed E-state index contributed by atoms with van der Waals surface area (Å²) in [7, 11) is 0. The summed E-state index contributed by atoms with van der Waals surface area (Å²) in [5.41, 5.74) is 5.41. The molecule has 0 bridgehead atoms. The Kier molecular flexibility index (Phi) is 2.40. The van der Waals surface area contributed by atoms with Gasteiger partial charge in [0, 0.05) is 17.6 Å². The molecule has 10 heavy (non-hydrogen) atoms. The predicted molar refractivity (Wildman–Crippen MR) is 44.1 cm³/mol. The fraction of sp³-hybridized carbons (Fsp3) is 0.571. The Hall–Kier alpha value is -0.410. The molecule has 2 nitrogen and oxygen atoms in total. The molecule has 0 spiro atoms.